The quantitative estimate of drug-likeness (QED) is 0.376. The maximum atomic E-state index is 5.53. The minimum atomic E-state index is -0.711. The fourth-order valence-corrected chi connectivity index (χ4v) is 2.79. The third-order valence-electron chi connectivity index (χ3n) is 2.83. The van der Waals surface area contributed by atoms with E-state index in [0.717, 1.165) is 12.2 Å². The summed E-state index contributed by atoms with van der Waals surface area (Å²) in [5.41, 5.74) is 1.18. The fourth-order valence-electron chi connectivity index (χ4n) is 1.70. The SMILES string of the molecule is CCc1coc(CC=C2N=C(C(Br)(Br)Br)N=C(C(Br)(Br)Br)N2)c1. The maximum Gasteiger partial charge on any atom is 0.194 e. The number of furan rings is 1. The highest BCUT2D eigenvalue weighted by Crippen LogP contribution is 2.40. The van der Waals surface area contributed by atoms with Crippen LogP contribution in [0.3, 0.4) is 0 Å². The Morgan fingerprint density at radius 3 is 2.35 bits per heavy atom. The summed E-state index contributed by atoms with van der Waals surface area (Å²) in [5.74, 6) is 2.70. The van der Waals surface area contributed by atoms with Crippen LogP contribution >= 0.6 is 95.6 Å². The van der Waals surface area contributed by atoms with Gasteiger partial charge in [-0.25, -0.2) is 9.98 Å². The first-order valence-electron chi connectivity index (χ1n) is 6.45. The van der Waals surface area contributed by atoms with Gasteiger partial charge in [-0.2, -0.15) is 0 Å². The summed E-state index contributed by atoms with van der Waals surface area (Å²) in [4.78, 5) is 8.95. The molecule has 126 valence electrons. The molecule has 1 aromatic rings. The zero-order valence-corrected chi connectivity index (χ0v) is 21.2. The highest BCUT2D eigenvalue weighted by atomic mass is 80.0. The van der Waals surface area contributed by atoms with E-state index in [-0.39, 0.29) is 0 Å². The molecule has 0 unspecified atom stereocenters. The van der Waals surface area contributed by atoms with Crippen LogP contribution < -0.4 is 5.32 Å². The van der Waals surface area contributed by atoms with Gasteiger partial charge >= 0.3 is 0 Å². The second kappa shape index (κ2) is 8.16. The molecule has 0 bridgehead atoms. The van der Waals surface area contributed by atoms with Crippen molar-refractivity contribution in [1.82, 2.24) is 5.32 Å². The average Bonchev–Trinajstić information content (AvgIpc) is 2.91. The molecule has 0 radical (unpaired) electrons. The molecular formula is C13H11Br6N3O. The molecule has 23 heavy (non-hydrogen) atoms. The first kappa shape index (κ1) is 20.4. The standard InChI is InChI=1S/C13H11Br6N3O/c1-2-7-5-8(23-6-7)3-4-9-20-10(12(14,15)16)22-11(21-9)13(17,18)19/h4-6H,2-3H2,1H3,(H,20,21,22). The van der Waals surface area contributed by atoms with E-state index in [1.807, 2.05) is 12.1 Å². The van der Waals surface area contributed by atoms with Crippen LogP contribution in [0.5, 0.6) is 0 Å². The van der Waals surface area contributed by atoms with Crippen molar-refractivity contribution in [2.24, 2.45) is 9.98 Å². The fraction of sp³-hybridized carbons (Fsp3) is 0.385. The van der Waals surface area contributed by atoms with Crippen molar-refractivity contribution in [1.29, 1.82) is 0 Å². The van der Waals surface area contributed by atoms with Crippen molar-refractivity contribution in [3.05, 3.63) is 35.6 Å². The highest BCUT2D eigenvalue weighted by Gasteiger charge is 2.34. The molecular weight excluding hydrogens is 694 g/mol. The van der Waals surface area contributed by atoms with Gasteiger partial charge in [-0.3, -0.25) is 0 Å². The number of aryl methyl sites for hydroxylation is 1. The Bertz CT molecular complexity index is 666. The van der Waals surface area contributed by atoms with Gasteiger partial charge in [0.2, 0.25) is 0 Å². The van der Waals surface area contributed by atoms with Gasteiger partial charge in [0, 0.05) is 6.42 Å². The van der Waals surface area contributed by atoms with Gasteiger partial charge in [0.1, 0.15) is 17.4 Å². The summed E-state index contributed by atoms with van der Waals surface area (Å²) < 4.78 is 4.14. The summed E-state index contributed by atoms with van der Waals surface area (Å²) >= 11 is 20.7. The summed E-state index contributed by atoms with van der Waals surface area (Å²) in [5, 5.41) is 3.17. The molecule has 1 aliphatic heterocycles. The maximum absolute atomic E-state index is 5.53. The van der Waals surface area contributed by atoms with Gasteiger partial charge in [-0.05, 0) is 24.1 Å². The number of alkyl halides is 6. The summed E-state index contributed by atoms with van der Waals surface area (Å²) in [6.45, 7) is 2.10. The first-order valence-corrected chi connectivity index (χ1v) is 11.2. The number of nitrogens with zero attached hydrogens (tertiary/aromatic N) is 2. The molecule has 0 aromatic carbocycles. The van der Waals surface area contributed by atoms with E-state index in [2.05, 4.69) is 118 Å². The smallest absolute Gasteiger partial charge is 0.194 e. The first-order chi connectivity index (χ1) is 10.6. The van der Waals surface area contributed by atoms with E-state index in [4.69, 9.17) is 4.42 Å². The van der Waals surface area contributed by atoms with Crippen LogP contribution in [0.4, 0.5) is 0 Å². The van der Waals surface area contributed by atoms with Crippen LogP contribution in [-0.2, 0) is 12.8 Å². The highest BCUT2D eigenvalue weighted by molar-refractivity contribution is 9.40. The Kier molecular flexibility index (Phi) is 7.22. The van der Waals surface area contributed by atoms with Crippen LogP contribution in [0, 0.1) is 0 Å². The molecule has 0 amide bonds. The Morgan fingerprint density at radius 2 is 1.83 bits per heavy atom. The molecule has 4 nitrogen and oxygen atoms in total. The van der Waals surface area contributed by atoms with Crippen molar-refractivity contribution in [2.75, 3.05) is 0 Å². The number of halogens is 6. The van der Waals surface area contributed by atoms with E-state index >= 15 is 0 Å². The van der Waals surface area contributed by atoms with E-state index < -0.39 is 4.29 Å². The van der Waals surface area contributed by atoms with Crippen molar-refractivity contribution in [3.8, 4) is 0 Å². The summed E-state index contributed by atoms with van der Waals surface area (Å²) in [6.07, 6.45) is 5.32. The third kappa shape index (κ3) is 6.06. The van der Waals surface area contributed by atoms with Crippen LogP contribution in [0.25, 0.3) is 0 Å². The molecule has 2 heterocycles. The molecule has 0 saturated heterocycles. The zero-order valence-electron chi connectivity index (χ0n) is 11.7. The van der Waals surface area contributed by atoms with Crippen LogP contribution in [0.2, 0.25) is 0 Å². The molecule has 0 fully saturated rings. The second-order valence-electron chi connectivity index (χ2n) is 4.58. The third-order valence-corrected chi connectivity index (χ3v) is 5.02. The van der Waals surface area contributed by atoms with E-state index in [9.17, 15) is 0 Å². The molecule has 1 N–H and O–H groups in total. The lowest BCUT2D eigenvalue weighted by molar-refractivity contribution is 0.520. The molecule has 0 saturated carbocycles. The monoisotopic (exact) mass is 699 g/mol. The molecule has 1 aromatic heterocycles. The van der Waals surface area contributed by atoms with Gasteiger partial charge in [0.15, 0.2) is 10.1 Å². The topological polar surface area (TPSA) is 49.9 Å². The van der Waals surface area contributed by atoms with Gasteiger partial charge in [0.25, 0.3) is 0 Å². The lowest BCUT2D eigenvalue weighted by Gasteiger charge is -2.24. The van der Waals surface area contributed by atoms with E-state index in [1.165, 1.54) is 5.56 Å². The summed E-state index contributed by atoms with van der Waals surface area (Å²) in [7, 11) is 0. The van der Waals surface area contributed by atoms with Gasteiger partial charge in [0.05, 0.1) is 6.26 Å². The number of aliphatic imine (C=N–C) groups is 2. The molecule has 0 aliphatic carbocycles. The zero-order chi connectivity index (χ0) is 17.3. The van der Waals surface area contributed by atoms with Crippen molar-refractivity contribution < 1.29 is 4.42 Å². The number of hydrogen-bond donors (Lipinski definition) is 1. The number of hydrogen-bond acceptors (Lipinski definition) is 4. The van der Waals surface area contributed by atoms with Crippen LogP contribution in [0.15, 0.2) is 38.6 Å². The predicted octanol–water partition coefficient (Wildman–Crippen LogP) is 6.30. The largest absolute Gasteiger partial charge is 0.469 e. The van der Waals surface area contributed by atoms with Crippen molar-refractivity contribution in [3.63, 3.8) is 0 Å². The lowest BCUT2D eigenvalue weighted by Crippen LogP contribution is -2.38. The van der Waals surface area contributed by atoms with Gasteiger partial charge in [-0.15, -0.1) is 0 Å². The Labute approximate surface area is 184 Å². The van der Waals surface area contributed by atoms with Crippen molar-refractivity contribution >= 4 is 107 Å². The van der Waals surface area contributed by atoms with Crippen LogP contribution in [-0.4, -0.2) is 16.0 Å². The summed E-state index contributed by atoms with van der Waals surface area (Å²) in [6, 6.07) is 2.05. The minimum absolute atomic E-state index is 0.522. The molecule has 0 atom stereocenters. The number of rotatable bonds is 3. The van der Waals surface area contributed by atoms with Crippen molar-refractivity contribution in [2.45, 2.75) is 24.1 Å². The number of allylic oxidation sites excluding steroid dienone is 1. The second-order valence-corrected chi connectivity index (χ2v) is 18.1. The number of amidine groups is 2. The Balaban J connectivity index is 2.26. The van der Waals surface area contributed by atoms with E-state index in [0.29, 0.717) is 23.9 Å². The molecule has 1 aliphatic rings. The minimum Gasteiger partial charge on any atom is -0.469 e. The Morgan fingerprint density at radius 1 is 1.13 bits per heavy atom. The van der Waals surface area contributed by atoms with Gasteiger partial charge < -0.3 is 9.73 Å². The Hall–Kier alpha value is 1.04. The normalized spacial score (nSPS) is 17.8. The van der Waals surface area contributed by atoms with E-state index in [1.54, 1.807) is 6.26 Å². The van der Waals surface area contributed by atoms with Gasteiger partial charge in [-0.1, -0.05) is 103 Å². The molecule has 2 rings (SSSR count). The van der Waals surface area contributed by atoms with Crippen LogP contribution in [0.1, 0.15) is 18.2 Å². The molecule has 0 spiro atoms. The molecule has 10 heteroatoms. The number of nitrogens with one attached hydrogen (secondary N) is 1. The average molecular weight is 705 g/mol. The predicted molar refractivity (Wildman–Crippen MR) is 117 cm³/mol. The lowest BCUT2D eigenvalue weighted by atomic mass is 10.2.